The molecule has 1 aromatic heterocycles. The van der Waals surface area contributed by atoms with Crippen LogP contribution in [0.2, 0.25) is 0 Å². The molecular formula is C15H10BrN5S2. The van der Waals surface area contributed by atoms with Gasteiger partial charge >= 0.3 is 10.3 Å². The fraction of sp³-hybridized carbons (Fsp3) is 0.0667. The van der Waals surface area contributed by atoms with Gasteiger partial charge in [0.15, 0.2) is 0 Å². The predicted molar refractivity (Wildman–Crippen MR) is 89.4 cm³/mol. The summed E-state index contributed by atoms with van der Waals surface area (Å²) in [5.41, 5.74) is 4.84. The van der Waals surface area contributed by atoms with Gasteiger partial charge < -0.3 is 17.0 Å². The second-order valence-electron chi connectivity index (χ2n) is 4.99. The van der Waals surface area contributed by atoms with Crippen LogP contribution in [0, 0.1) is 0 Å². The summed E-state index contributed by atoms with van der Waals surface area (Å²) in [6.07, 6.45) is -0.0916. The summed E-state index contributed by atoms with van der Waals surface area (Å²) >= 11 is 3.09. The van der Waals surface area contributed by atoms with Crippen molar-refractivity contribution in [3.8, 4) is 0 Å². The fourth-order valence-electron chi connectivity index (χ4n) is 2.86. The quantitative estimate of drug-likeness (QED) is 0.542. The maximum absolute atomic E-state index is 4.62. The Hall–Kier alpha value is -1.77. The highest BCUT2D eigenvalue weighted by Gasteiger charge is 2.43. The van der Waals surface area contributed by atoms with Crippen molar-refractivity contribution in [2.45, 2.75) is 6.17 Å². The Bertz CT molecular complexity index is 946. The molecule has 2 aliphatic rings. The molecule has 1 unspecified atom stereocenters. The van der Waals surface area contributed by atoms with E-state index in [1.54, 1.807) is 23.1 Å². The van der Waals surface area contributed by atoms with E-state index in [0.29, 0.717) is 0 Å². The Kier molecular flexibility index (Phi) is 3.67. The smallest absolute Gasteiger partial charge is 0.409 e. The van der Waals surface area contributed by atoms with Crippen LogP contribution < -0.4 is 21.7 Å². The zero-order valence-electron chi connectivity index (χ0n) is 11.7. The second-order valence-corrected chi connectivity index (χ2v) is 6.61. The predicted octanol–water partition coefficient (Wildman–Crippen LogP) is 0.128. The van der Waals surface area contributed by atoms with Crippen LogP contribution in [-0.4, -0.2) is 20.8 Å². The van der Waals surface area contributed by atoms with Crippen LogP contribution in [0.15, 0.2) is 58.1 Å². The second kappa shape index (κ2) is 5.70. The van der Waals surface area contributed by atoms with E-state index in [1.807, 2.05) is 20.7 Å². The van der Waals surface area contributed by atoms with Crippen LogP contribution >= 0.6 is 23.1 Å². The number of hydrazone groups is 1. The Morgan fingerprint density at radius 2 is 1.96 bits per heavy atom. The number of nitrogens with zero attached hydrogens (tertiary/aromatic N) is 5. The summed E-state index contributed by atoms with van der Waals surface area (Å²) in [4.78, 5) is 4.62. The van der Waals surface area contributed by atoms with Crippen molar-refractivity contribution in [1.29, 1.82) is 0 Å². The highest BCUT2D eigenvalue weighted by molar-refractivity contribution is 8.25. The number of fused-ring (bicyclic) bond motifs is 3. The minimum atomic E-state index is -0.0916. The number of hydrogen-bond acceptors (Lipinski definition) is 6. The number of thioether (sulfide) groups is 1. The van der Waals surface area contributed by atoms with E-state index in [-0.39, 0.29) is 23.1 Å². The van der Waals surface area contributed by atoms with Gasteiger partial charge in [-0.15, -0.1) is 0 Å². The molecule has 3 aromatic rings. The third-order valence-electron chi connectivity index (χ3n) is 3.81. The maximum Gasteiger partial charge on any atom is 0.409 e. The van der Waals surface area contributed by atoms with Gasteiger partial charge in [-0.1, -0.05) is 52.2 Å². The molecule has 5 rings (SSSR count). The van der Waals surface area contributed by atoms with Crippen molar-refractivity contribution < 1.29 is 21.7 Å². The topological polar surface area (TPSA) is 44.7 Å². The van der Waals surface area contributed by atoms with E-state index in [1.165, 1.54) is 16.3 Å². The first kappa shape index (κ1) is 14.8. The van der Waals surface area contributed by atoms with Crippen LogP contribution in [0.25, 0.3) is 10.8 Å². The Balaban J connectivity index is 0.00000135. The van der Waals surface area contributed by atoms with E-state index in [9.17, 15) is 0 Å². The first-order valence-corrected chi connectivity index (χ1v) is 8.58. The highest BCUT2D eigenvalue weighted by atomic mass is 79.9. The zero-order valence-corrected chi connectivity index (χ0v) is 14.9. The lowest BCUT2D eigenvalue weighted by molar-refractivity contribution is -0.769. The number of aromatic nitrogens is 2. The van der Waals surface area contributed by atoms with Gasteiger partial charge in [0.2, 0.25) is 6.17 Å². The summed E-state index contributed by atoms with van der Waals surface area (Å²) in [6.45, 7) is 0. The molecule has 5 nitrogen and oxygen atoms in total. The van der Waals surface area contributed by atoms with Crippen molar-refractivity contribution in [2.75, 3.05) is 0 Å². The van der Waals surface area contributed by atoms with Crippen LogP contribution in [0.5, 0.6) is 0 Å². The molecule has 0 amide bonds. The molecule has 1 atom stereocenters. The molecule has 8 heteroatoms. The number of rotatable bonds is 1. The van der Waals surface area contributed by atoms with Gasteiger partial charge in [-0.2, -0.15) is 10.1 Å². The number of halogens is 1. The number of hydrogen-bond donors (Lipinski definition) is 0. The molecule has 23 heavy (non-hydrogen) atoms. The van der Waals surface area contributed by atoms with Crippen molar-refractivity contribution in [3.63, 3.8) is 0 Å². The van der Waals surface area contributed by atoms with Gasteiger partial charge in [-0.05, 0) is 33.9 Å². The van der Waals surface area contributed by atoms with E-state index < -0.39 is 0 Å². The van der Waals surface area contributed by atoms with E-state index in [2.05, 4.69) is 57.7 Å². The third-order valence-corrected chi connectivity index (χ3v) is 5.19. The molecule has 0 N–H and O–H groups in total. The van der Waals surface area contributed by atoms with E-state index in [4.69, 9.17) is 0 Å². The summed E-state index contributed by atoms with van der Waals surface area (Å²) in [5.74, 6) is 0. The molecule has 0 fully saturated rings. The van der Waals surface area contributed by atoms with Crippen molar-refractivity contribution in [3.05, 3.63) is 53.5 Å². The SMILES string of the molecule is C1=NN2C(=Nc3scn[n+]3C2c2cccc3ccccc23)S1.[Br-]. The molecule has 0 spiro atoms. The van der Waals surface area contributed by atoms with Crippen molar-refractivity contribution in [2.24, 2.45) is 10.1 Å². The van der Waals surface area contributed by atoms with E-state index in [0.717, 1.165) is 10.3 Å². The maximum atomic E-state index is 4.62. The lowest BCUT2D eigenvalue weighted by Crippen LogP contribution is -3.00. The van der Waals surface area contributed by atoms with Gasteiger partial charge in [-0.3, -0.25) is 0 Å². The minimum absolute atomic E-state index is 0. The van der Waals surface area contributed by atoms with Crippen LogP contribution in [0.3, 0.4) is 0 Å². The first-order chi connectivity index (χ1) is 10.9. The van der Waals surface area contributed by atoms with Crippen molar-refractivity contribution in [1.82, 2.24) is 10.1 Å². The van der Waals surface area contributed by atoms with Gasteiger partial charge in [0.1, 0.15) is 5.51 Å². The van der Waals surface area contributed by atoms with E-state index >= 15 is 0 Å². The molecule has 2 aliphatic heterocycles. The van der Waals surface area contributed by atoms with Gasteiger partial charge in [0.05, 0.1) is 5.55 Å². The summed E-state index contributed by atoms with van der Waals surface area (Å²) in [6, 6.07) is 14.8. The molecule has 2 aromatic carbocycles. The molecule has 0 aliphatic carbocycles. The third kappa shape index (κ3) is 2.20. The molecule has 3 heterocycles. The lowest BCUT2D eigenvalue weighted by atomic mass is 10.0. The minimum Gasteiger partial charge on any atom is -1.00 e. The molecule has 0 bridgehead atoms. The molecule has 0 saturated carbocycles. The first-order valence-electron chi connectivity index (χ1n) is 6.82. The van der Waals surface area contributed by atoms with Crippen molar-refractivity contribution >= 4 is 49.7 Å². The Morgan fingerprint density at radius 1 is 1.09 bits per heavy atom. The summed E-state index contributed by atoms with van der Waals surface area (Å²) in [5, 5.41) is 15.2. The Labute approximate surface area is 151 Å². The lowest BCUT2D eigenvalue weighted by Gasteiger charge is -2.24. The number of amidine groups is 1. The molecular weight excluding hydrogens is 394 g/mol. The standard InChI is InChI=1S/C15H10N5S2.BrH/c1-2-6-11-10(4-1)5-3-7-12(11)13-19-14(21-8-16-19)18-15-20(13)17-9-22-15;/h1-9,13H;1H/q+1;/p-1. The fourth-order valence-corrected chi connectivity index (χ4v) is 4.20. The molecule has 0 saturated heterocycles. The zero-order chi connectivity index (χ0) is 14.5. The monoisotopic (exact) mass is 403 g/mol. The van der Waals surface area contributed by atoms with Crippen LogP contribution in [0.1, 0.15) is 11.7 Å². The average Bonchev–Trinajstić information content (AvgIpc) is 3.20. The summed E-state index contributed by atoms with van der Waals surface area (Å²) < 4.78 is 1.94. The normalized spacial score (nSPS) is 18.3. The van der Waals surface area contributed by atoms with Gasteiger partial charge in [0, 0.05) is 10.6 Å². The molecule has 114 valence electrons. The van der Waals surface area contributed by atoms with Crippen LogP contribution in [0.4, 0.5) is 5.13 Å². The van der Waals surface area contributed by atoms with Crippen LogP contribution in [-0.2, 0) is 0 Å². The number of benzene rings is 2. The largest absolute Gasteiger partial charge is 1.00 e. The molecule has 0 radical (unpaired) electrons. The van der Waals surface area contributed by atoms with Gasteiger partial charge in [-0.25, -0.2) is 0 Å². The van der Waals surface area contributed by atoms with Gasteiger partial charge in [0.25, 0.3) is 0 Å². The Morgan fingerprint density at radius 3 is 2.91 bits per heavy atom. The summed E-state index contributed by atoms with van der Waals surface area (Å²) in [7, 11) is 0. The number of aliphatic imine (C=N–C) groups is 1. The highest BCUT2D eigenvalue weighted by Crippen LogP contribution is 2.35. The average molecular weight is 404 g/mol.